The number of hydrogen-bond donors (Lipinski definition) is 0. The molecule has 1 aliphatic heterocycles. The Labute approximate surface area is 79.6 Å². The second kappa shape index (κ2) is 3.36. The fourth-order valence-electron chi connectivity index (χ4n) is 2.22. The van der Waals surface area contributed by atoms with Crippen molar-refractivity contribution in [3.8, 4) is 0 Å². The maximum absolute atomic E-state index is 4.04. The summed E-state index contributed by atoms with van der Waals surface area (Å²) in [5.41, 5.74) is 1.31. The van der Waals surface area contributed by atoms with Crippen molar-refractivity contribution in [1.82, 2.24) is 4.98 Å². The Balaban J connectivity index is 2.25. The fraction of sp³-hybridized carbons (Fsp3) is 0.545. The molecule has 2 heteroatoms. The van der Waals surface area contributed by atoms with Crippen molar-refractivity contribution in [2.24, 2.45) is 0 Å². The van der Waals surface area contributed by atoms with E-state index in [-0.39, 0.29) is 0 Å². The van der Waals surface area contributed by atoms with Gasteiger partial charge < -0.3 is 4.90 Å². The van der Waals surface area contributed by atoms with E-state index in [0.717, 1.165) is 0 Å². The number of aromatic nitrogens is 1. The summed E-state index contributed by atoms with van der Waals surface area (Å²) in [5.74, 6) is 0. The van der Waals surface area contributed by atoms with Crippen LogP contribution in [-0.4, -0.2) is 17.1 Å². The van der Waals surface area contributed by atoms with Gasteiger partial charge in [-0.2, -0.15) is 0 Å². The van der Waals surface area contributed by atoms with E-state index in [1.54, 1.807) is 0 Å². The van der Waals surface area contributed by atoms with Crippen LogP contribution in [0, 0.1) is 0 Å². The third kappa shape index (κ3) is 1.53. The summed E-state index contributed by atoms with van der Waals surface area (Å²) in [6.45, 7) is 4.59. The van der Waals surface area contributed by atoms with Crippen LogP contribution in [0.3, 0.4) is 0 Å². The first-order valence-corrected chi connectivity index (χ1v) is 4.97. The monoisotopic (exact) mass is 176 g/mol. The molecule has 0 N–H and O–H groups in total. The summed E-state index contributed by atoms with van der Waals surface area (Å²) >= 11 is 0. The molecule has 1 aromatic heterocycles. The molecule has 0 bridgehead atoms. The lowest BCUT2D eigenvalue weighted by Crippen LogP contribution is -2.32. The normalized spacial score (nSPS) is 28.0. The van der Waals surface area contributed by atoms with Gasteiger partial charge in [-0.3, -0.25) is 4.98 Å². The molecule has 1 aromatic rings. The van der Waals surface area contributed by atoms with E-state index in [1.807, 2.05) is 12.4 Å². The zero-order chi connectivity index (χ0) is 9.26. The molecule has 2 nitrogen and oxygen atoms in total. The Morgan fingerprint density at radius 1 is 1.15 bits per heavy atom. The highest BCUT2D eigenvalue weighted by Gasteiger charge is 2.26. The third-order valence-electron chi connectivity index (χ3n) is 2.91. The molecule has 13 heavy (non-hydrogen) atoms. The van der Waals surface area contributed by atoms with Gasteiger partial charge in [-0.05, 0) is 38.8 Å². The molecular formula is C11H16N2. The van der Waals surface area contributed by atoms with E-state index in [4.69, 9.17) is 0 Å². The highest BCUT2D eigenvalue weighted by molar-refractivity contribution is 5.47. The van der Waals surface area contributed by atoms with Gasteiger partial charge in [0, 0.05) is 30.2 Å². The van der Waals surface area contributed by atoms with Crippen molar-refractivity contribution in [1.29, 1.82) is 0 Å². The van der Waals surface area contributed by atoms with Gasteiger partial charge in [-0.25, -0.2) is 0 Å². The fourth-order valence-corrected chi connectivity index (χ4v) is 2.22. The Morgan fingerprint density at radius 3 is 2.23 bits per heavy atom. The molecule has 70 valence electrons. The Hall–Kier alpha value is -1.05. The second-order valence-electron chi connectivity index (χ2n) is 3.89. The molecular weight excluding hydrogens is 160 g/mol. The highest BCUT2D eigenvalue weighted by atomic mass is 15.2. The molecule has 1 saturated heterocycles. The zero-order valence-corrected chi connectivity index (χ0v) is 8.27. The molecule has 1 fully saturated rings. The van der Waals surface area contributed by atoms with Crippen LogP contribution in [0.25, 0.3) is 0 Å². The molecule has 1 aliphatic rings. The predicted octanol–water partition coefficient (Wildman–Crippen LogP) is 2.46. The van der Waals surface area contributed by atoms with Crippen LogP contribution in [0.2, 0.25) is 0 Å². The van der Waals surface area contributed by atoms with Crippen LogP contribution in [0.5, 0.6) is 0 Å². The smallest absolute Gasteiger partial charge is 0.0401 e. The summed E-state index contributed by atoms with van der Waals surface area (Å²) < 4.78 is 0. The van der Waals surface area contributed by atoms with Gasteiger partial charge in [-0.1, -0.05) is 0 Å². The van der Waals surface area contributed by atoms with Crippen molar-refractivity contribution >= 4 is 5.69 Å². The second-order valence-corrected chi connectivity index (χ2v) is 3.89. The van der Waals surface area contributed by atoms with E-state index in [1.165, 1.54) is 18.5 Å². The SMILES string of the molecule is C[C@@H]1CC[C@@H](C)N1c1ccncc1. The molecule has 0 aromatic carbocycles. The minimum atomic E-state index is 0.678. The predicted molar refractivity (Wildman–Crippen MR) is 54.9 cm³/mol. The van der Waals surface area contributed by atoms with Gasteiger partial charge in [-0.15, -0.1) is 0 Å². The molecule has 0 unspecified atom stereocenters. The molecule has 0 radical (unpaired) electrons. The van der Waals surface area contributed by atoms with Crippen LogP contribution in [0.1, 0.15) is 26.7 Å². The first-order valence-electron chi connectivity index (χ1n) is 4.97. The largest absolute Gasteiger partial charge is 0.366 e. The molecule has 2 heterocycles. The minimum Gasteiger partial charge on any atom is -0.366 e. The molecule has 0 aliphatic carbocycles. The number of rotatable bonds is 1. The van der Waals surface area contributed by atoms with E-state index in [0.29, 0.717) is 12.1 Å². The van der Waals surface area contributed by atoms with E-state index >= 15 is 0 Å². The van der Waals surface area contributed by atoms with E-state index < -0.39 is 0 Å². The van der Waals surface area contributed by atoms with E-state index in [9.17, 15) is 0 Å². The number of nitrogens with zero attached hydrogens (tertiary/aromatic N) is 2. The Morgan fingerprint density at radius 2 is 1.69 bits per heavy atom. The maximum atomic E-state index is 4.04. The van der Waals surface area contributed by atoms with Crippen LogP contribution in [-0.2, 0) is 0 Å². The molecule has 0 saturated carbocycles. The first kappa shape index (κ1) is 8.54. The number of hydrogen-bond acceptors (Lipinski definition) is 2. The van der Waals surface area contributed by atoms with Crippen LogP contribution in [0.4, 0.5) is 5.69 Å². The average molecular weight is 176 g/mol. The highest BCUT2D eigenvalue weighted by Crippen LogP contribution is 2.29. The standard InChI is InChI=1S/C11H16N2/c1-9-3-4-10(2)13(9)11-5-7-12-8-6-11/h5-10H,3-4H2,1-2H3/t9-,10-/m1/s1. The lowest BCUT2D eigenvalue weighted by molar-refractivity contribution is 0.693. The topological polar surface area (TPSA) is 16.1 Å². The molecule has 0 amide bonds. The zero-order valence-electron chi connectivity index (χ0n) is 8.27. The molecule has 2 atom stereocenters. The van der Waals surface area contributed by atoms with Gasteiger partial charge >= 0.3 is 0 Å². The minimum absolute atomic E-state index is 0.678. The van der Waals surface area contributed by atoms with Crippen molar-refractivity contribution in [2.75, 3.05) is 4.90 Å². The number of anilines is 1. The summed E-state index contributed by atoms with van der Waals surface area (Å²) in [7, 11) is 0. The van der Waals surface area contributed by atoms with Gasteiger partial charge in [0.2, 0.25) is 0 Å². The Kier molecular flexibility index (Phi) is 2.21. The Bertz CT molecular complexity index is 261. The summed E-state index contributed by atoms with van der Waals surface area (Å²) in [6.07, 6.45) is 6.35. The van der Waals surface area contributed by atoms with Crippen LogP contribution >= 0.6 is 0 Å². The molecule has 2 rings (SSSR count). The van der Waals surface area contributed by atoms with Crippen molar-refractivity contribution in [2.45, 2.75) is 38.8 Å². The van der Waals surface area contributed by atoms with Gasteiger partial charge in [0.1, 0.15) is 0 Å². The first-order chi connectivity index (χ1) is 6.29. The quantitative estimate of drug-likeness (QED) is 0.653. The van der Waals surface area contributed by atoms with Crippen molar-refractivity contribution < 1.29 is 0 Å². The molecule has 0 spiro atoms. The summed E-state index contributed by atoms with van der Waals surface area (Å²) in [4.78, 5) is 6.53. The lowest BCUT2D eigenvalue weighted by Gasteiger charge is -2.28. The van der Waals surface area contributed by atoms with Crippen LogP contribution < -0.4 is 4.90 Å². The number of pyridine rings is 1. The lowest BCUT2D eigenvalue weighted by atomic mass is 10.2. The van der Waals surface area contributed by atoms with Gasteiger partial charge in [0.25, 0.3) is 0 Å². The third-order valence-corrected chi connectivity index (χ3v) is 2.91. The average Bonchev–Trinajstić information content (AvgIpc) is 2.48. The van der Waals surface area contributed by atoms with Gasteiger partial charge in [0.15, 0.2) is 0 Å². The van der Waals surface area contributed by atoms with Crippen LogP contribution in [0.15, 0.2) is 24.5 Å². The summed E-state index contributed by atoms with van der Waals surface area (Å²) in [5, 5.41) is 0. The van der Waals surface area contributed by atoms with Gasteiger partial charge in [0.05, 0.1) is 0 Å². The summed E-state index contributed by atoms with van der Waals surface area (Å²) in [6, 6.07) is 5.55. The van der Waals surface area contributed by atoms with E-state index in [2.05, 4.69) is 35.9 Å². The maximum Gasteiger partial charge on any atom is 0.0401 e. The van der Waals surface area contributed by atoms with Crippen molar-refractivity contribution in [3.63, 3.8) is 0 Å². The van der Waals surface area contributed by atoms with Crippen molar-refractivity contribution in [3.05, 3.63) is 24.5 Å².